The number of ether oxygens (including phenoxy) is 1. The van der Waals surface area contributed by atoms with Crippen molar-refractivity contribution < 1.29 is 4.74 Å². The molecule has 2 nitrogen and oxygen atoms in total. The van der Waals surface area contributed by atoms with Crippen LogP contribution in [0.2, 0.25) is 0 Å². The Labute approximate surface area is 123 Å². The maximum absolute atomic E-state index is 6.38. The van der Waals surface area contributed by atoms with Crippen molar-refractivity contribution in [1.82, 2.24) is 5.32 Å². The highest BCUT2D eigenvalue weighted by molar-refractivity contribution is 5.39. The van der Waals surface area contributed by atoms with Crippen LogP contribution in [0.1, 0.15) is 58.1 Å². The first-order chi connectivity index (χ1) is 9.36. The summed E-state index contributed by atoms with van der Waals surface area (Å²) >= 11 is 0. The number of rotatable bonds is 5. The Morgan fingerprint density at radius 3 is 2.60 bits per heavy atom. The second kappa shape index (κ2) is 5.77. The quantitative estimate of drug-likeness (QED) is 0.866. The predicted octanol–water partition coefficient (Wildman–Crippen LogP) is 4.27. The molecule has 0 heterocycles. The van der Waals surface area contributed by atoms with Gasteiger partial charge in [-0.2, -0.15) is 0 Å². The highest BCUT2D eigenvalue weighted by atomic mass is 16.5. The minimum Gasteiger partial charge on any atom is -0.489 e. The average Bonchev–Trinajstić information content (AvgIpc) is 2.37. The number of hydrogen-bond acceptors (Lipinski definition) is 2. The van der Waals surface area contributed by atoms with Gasteiger partial charge >= 0.3 is 0 Å². The Hall–Kier alpha value is -1.02. The molecule has 20 heavy (non-hydrogen) atoms. The van der Waals surface area contributed by atoms with Crippen molar-refractivity contribution >= 4 is 0 Å². The first kappa shape index (κ1) is 15.4. The lowest BCUT2D eigenvalue weighted by Gasteiger charge is -2.52. The summed E-state index contributed by atoms with van der Waals surface area (Å²) < 4.78 is 6.38. The van der Waals surface area contributed by atoms with E-state index in [2.05, 4.69) is 65.1 Å². The van der Waals surface area contributed by atoms with Crippen molar-refractivity contribution in [3.05, 3.63) is 29.3 Å². The van der Waals surface area contributed by atoms with E-state index in [1.807, 2.05) is 0 Å². The van der Waals surface area contributed by atoms with Crippen molar-refractivity contribution in [1.29, 1.82) is 0 Å². The molecule has 1 saturated carbocycles. The Kier molecular flexibility index (Phi) is 4.43. The average molecular weight is 275 g/mol. The fraction of sp³-hybridized carbons (Fsp3) is 0.667. The van der Waals surface area contributed by atoms with Crippen LogP contribution in [0.4, 0.5) is 0 Å². The molecule has 0 spiro atoms. The van der Waals surface area contributed by atoms with Gasteiger partial charge in [-0.25, -0.2) is 0 Å². The van der Waals surface area contributed by atoms with Gasteiger partial charge in [-0.15, -0.1) is 0 Å². The third-order valence-electron chi connectivity index (χ3n) is 4.69. The number of nitrogens with one attached hydrogen (secondary N) is 1. The Balaban J connectivity index is 2.13. The topological polar surface area (TPSA) is 21.3 Å². The summed E-state index contributed by atoms with van der Waals surface area (Å²) in [5, 5.41) is 3.56. The van der Waals surface area contributed by atoms with E-state index in [0.717, 1.165) is 18.7 Å². The number of aryl methyl sites for hydroxylation is 1. The van der Waals surface area contributed by atoms with Crippen molar-refractivity contribution in [2.24, 2.45) is 5.41 Å². The molecule has 1 aliphatic carbocycles. The lowest BCUT2D eigenvalue weighted by atomic mass is 9.64. The molecule has 1 aliphatic rings. The smallest absolute Gasteiger partial charge is 0.123 e. The molecule has 0 aromatic heterocycles. The first-order valence-electron chi connectivity index (χ1n) is 7.86. The summed E-state index contributed by atoms with van der Waals surface area (Å²) in [5.41, 5.74) is 2.79. The second-order valence-electron chi connectivity index (χ2n) is 6.97. The zero-order valence-corrected chi connectivity index (χ0v) is 13.8. The minimum absolute atomic E-state index is 0.202. The molecule has 2 unspecified atom stereocenters. The second-order valence-corrected chi connectivity index (χ2v) is 6.97. The molecule has 1 fully saturated rings. The van der Waals surface area contributed by atoms with Crippen LogP contribution in [0.3, 0.4) is 0 Å². The summed E-state index contributed by atoms with van der Waals surface area (Å²) in [6.45, 7) is 14.4. The molecule has 0 saturated heterocycles. The van der Waals surface area contributed by atoms with E-state index in [-0.39, 0.29) is 5.41 Å². The standard InChI is InChI=1S/C18H29NO/c1-7-19-16-11-17(18(16,5)6)20-15-10-13(4)8-9-14(15)12(2)3/h8-10,12,16-17,19H,7,11H2,1-6H3. The molecule has 1 aromatic rings. The van der Waals surface area contributed by atoms with E-state index in [4.69, 9.17) is 4.74 Å². The third-order valence-corrected chi connectivity index (χ3v) is 4.69. The molecule has 1 N–H and O–H groups in total. The molecule has 2 rings (SSSR count). The van der Waals surface area contributed by atoms with Crippen LogP contribution in [-0.4, -0.2) is 18.7 Å². The highest BCUT2D eigenvalue weighted by Gasteiger charge is 2.49. The Bertz CT molecular complexity index is 464. The van der Waals surface area contributed by atoms with Crippen molar-refractivity contribution in [2.45, 2.75) is 66.0 Å². The van der Waals surface area contributed by atoms with Gasteiger partial charge in [-0.1, -0.05) is 46.8 Å². The first-order valence-corrected chi connectivity index (χ1v) is 7.86. The summed E-state index contributed by atoms with van der Waals surface area (Å²) in [4.78, 5) is 0. The SMILES string of the molecule is CCNC1CC(Oc2cc(C)ccc2C(C)C)C1(C)C. The molecule has 0 radical (unpaired) electrons. The van der Waals surface area contributed by atoms with Crippen molar-refractivity contribution in [3.63, 3.8) is 0 Å². The molecule has 2 atom stereocenters. The van der Waals surface area contributed by atoms with Crippen LogP contribution in [0.25, 0.3) is 0 Å². The van der Waals surface area contributed by atoms with Crippen molar-refractivity contribution in [2.75, 3.05) is 6.54 Å². The lowest BCUT2D eigenvalue weighted by Crippen LogP contribution is -2.62. The van der Waals surface area contributed by atoms with Crippen LogP contribution in [-0.2, 0) is 0 Å². The predicted molar refractivity (Wildman–Crippen MR) is 85.5 cm³/mol. The Morgan fingerprint density at radius 1 is 1.35 bits per heavy atom. The van der Waals surface area contributed by atoms with E-state index < -0.39 is 0 Å². The molecule has 0 aliphatic heterocycles. The largest absolute Gasteiger partial charge is 0.489 e. The van der Waals surface area contributed by atoms with Crippen LogP contribution in [0.15, 0.2) is 18.2 Å². The minimum atomic E-state index is 0.202. The molecular formula is C18H29NO. The van der Waals surface area contributed by atoms with Gasteiger partial charge in [0.05, 0.1) is 0 Å². The van der Waals surface area contributed by atoms with Gasteiger partial charge in [0.15, 0.2) is 0 Å². The molecule has 112 valence electrons. The molecule has 0 amide bonds. The molecule has 0 bridgehead atoms. The third kappa shape index (κ3) is 2.85. The van der Waals surface area contributed by atoms with Gasteiger partial charge in [-0.05, 0) is 36.6 Å². The van der Waals surface area contributed by atoms with Crippen molar-refractivity contribution in [3.8, 4) is 5.75 Å². The summed E-state index contributed by atoms with van der Waals surface area (Å²) in [5.74, 6) is 1.58. The molecular weight excluding hydrogens is 246 g/mol. The fourth-order valence-corrected chi connectivity index (χ4v) is 3.05. The summed E-state index contributed by atoms with van der Waals surface area (Å²) in [6.07, 6.45) is 1.41. The van der Waals surface area contributed by atoms with Gasteiger partial charge < -0.3 is 10.1 Å². The van der Waals surface area contributed by atoms with Crippen LogP contribution < -0.4 is 10.1 Å². The zero-order chi connectivity index (χ0) is 14.9. The monoisotopic (exact) mass is 275 g/mol. The maximum atomic E-state index is 6.38. The fourth-order valence-electron chi connectivity index (χ4n) is 3.05. The number of hydrogen-bond donors (Lipinski definition) is 1. The van der Waals surface area contributed by atoms with E-state index in [9.17, 15) is 0 Å². The van der Waals surface area contributed by atoms with Gasteiger partial charge in [-0.3, -0.25) is 0 Å². The van der Waals surface area contributed by atoms with Crippen LogP contribution >= 0.6 is 0 Å². The molecule has 1 aromatic carbocycles. The summed E-state index contributed by atoms with van der Waals surface area (Å²) in [6, 6.07) is 7.15. The van der Waals surface area contributed by atoms with Gasteiger partial charge in [0.1, 0.15) is 11.9 Å². The van der Waals surface area contributed by atoms with E-state index in [0.29, 0.717) is 18.1 Å². The van der Waals surface area contributed by atoms with Gasteiger partial charge in [0.25, 0.3) is 0 Å². The maximum Gasteiger partial charge on any atom is 0.123 e. The van der Waals surface area contributed by atoms with E-state index >= 15 is 0 Å². The van der Waals surface area contributed by atoms with Crippen LogP contribution in [0, 0.1) is 12.3 Å². The van der Waals surface area contributed by atoms with Gasteiger partial charge in [0.2, 0.25) is 0 Å². The molecule has 2 heteroatoms. The lowest BCUT2D eigenvalue weighted by molar-refractivity contribution is -0.0546. The summed E-state index contributed by atoms with van der Waals surface area (Å²) in [7, 11) is 0. The zero-order valence-electron chi connectivity index (χ0n) is 13.8. The van der Waals surface area contributed by atoms with Gasteiger partial charge in [0, 0.05) is 17.9 Å². The number of benzene rings is 1. The highest BCUT2D eigenvalue weighted by Crippen LogP contribution is 2.44. The van der Waals surface area contributed by atoms with E-state index in [1.54, 1.807) is 0 Å². The normalized spacial score (nSPS) is 24.6. The van der Waals surface area contributed by atoms with Crippen LogP contribution in [0.5, 0.6) is 5.75 Å². The van der Waals surface area contributed by atoms with E-state index in [1.165, 1.54) is 11.1 Å². The Morgan fingerprint density at radius 2 is 2.05 bits per heavy atom.